The molecule has 1 saturated heterocycles. The van der Waals surface area contributed by atoms with E-state index in [9.17, 15) is 20.0 Å². The molecule has 1 fully saturated rings. The summed E-state index contributed by atoms with van der Waals surface area (Å²) >= 11 is 11.9. The van der Waals surface area contributed by atoms with Crippen LogP contribution in [0.4, 0.5) is 5.69 Å². The van der Waals surface area contributed by atoms with Crippen molar-refractivity contribution in [1.82, 2.24) is 4.90 Å². The lowest BCUT2D eigenvalue weighted by Gasteiger charge is -2.34. The molecule has 8 heteroatoms. The van der Waals surface area contributed by atoms with Gasteiger partial charge in [-0.2, -0.15) is 0 Å². The van der Waals surface area contributed by atoms with E-state index >= 15 is 0 Å². The molecular formula is C13H14Cl2N2O4. The van der Waals surface area contributed by atoms with Gasteiger partial charge >= 0.3 is 0 Å². The number of non-ortho nitro benzene ring substituents is 1. The average molecular weight is 333 g/mol. The van der Waals surface area contributed by atoms with E-state index in [2.05, 4.69) is 0 Å². The van der Waals surface area contributed by atoms with Crippen molar-refractivity contribution in [3.63, 3.8) is 0 Å². The molecule has 0 bridgehead atoms. The Morgan fingerprint density at radius 2 is 2.14 bits per heavy atom. The van der Waals surface area contributed by atoms with Crippen LogP contribution in [0.5, 0.6) is 0 Å². The third-order valence-electron chi connectivity index (χ3n) is 3.55. The minimum Gasteiger partial charge on any atom is -0.394 e. The summed E-state index contributed by atoms with van der Waals surface area (Å²) in [4.78, 5) is 24.3. The van der Waals surface area contributed by atoms with E-state index in [0.29, 0.717) is 13.0 Å². The number of piperidine rings is 1. The zero-order valence-electron chi connectivity index (χ0n) is 11.1. The van der Waals surface area contributed by atoms with Crippen LogP contribution in [-0.2, 0) is 0 Å². The van der Waals surface area contributed by atoms with Gasteiger partial charge in [-0.3, -0.25) is 14.9 Å². The van der Waals surface area contributed by atoms with Crippen molar-refractivity contribution in [2.24, 2.45) is 0 Å². The number of hydrogen-bond acceptors (Lipinski definition) is 4. The number of likely N-dealkylation sites (tertiary alicyclic amines) is 1. The van der Waals surface area contributed by atoms with Crippen molar-refractivity contribution in [2.75, 3.05) is 13.2 Å². The summed E-state index contributed by atoms with van der Waals surface area (Å²) in [5.74, 6) is -0.440. The van der Waals surface area contributed by atoms with Crippen LogP contribution in [0.3, 0.4) is 0 Å². The van der Waals surface area contributed by atoms with Gasteiger partial charge in [0.15, 0.2) is 0 Å². The Labute approximate surface area is 131 Å². The molecule has 1 aliphatic heterocycles. The summed E-state index contributed by atoms with van der Waals surface area (Å²) in [6.45, 7) is 0.340. The maximum Gasteiger partial charge on any atom is 0.271 e. The summed E-state index contributed by atoms with van der Waals surface area (Å²) in [5.41, 5.74) is -0.290. The van der Waals surface area contributed by atoms with Gasteiger partial charge in [0.1, 0.15) is 0 Å². The van der Waals surface area contributed by atoms with E-state index in [4.69, 9.17) is 23.2 Å². The Hall–Kier alpha value is -1.37. The topological polar surface area (TPSA) is 83.7 Å². The van der Waals surface area contributed by atoms with Gasteiger partial charge in [-0.15, -0.1) is 0 Å². The molecule has 1 unspecified atom stereocenters. The molecule has 1 heterocycles. The molecule has 6 nitrogen and oxygen atoms in total. The summed E-state index contributed by atoms with van der Waals surface area (Å²) in [6, 6.07) is 1.94. The lowest BCUT2D eigenvalue weighted by atomic mass is 10.0. The fraction of sp³-hybridized carbons (Fsp3) is 0.462. The Morgan fingerprint density at radius 3 is 2.76 bits per heavy atom. The van der Waals surface area contributed by atoms with Crippen LogP contribution < -0.4 is 0 Å². The van der Waals surface area contributed by atoms with E-state index in [-0.39, 0.29) is 33.9 Å². The standard InChI is InChI=1S/C13H14Cl2N2O4/c14-11-6-9(17(20)21)5-10(12(11)15)13(19)16-4-2-1-3-8(16)7-18/h5-6,8,18H,1-4,7H2. The van der Waals surface area contributed by atoms with Gasteiger partial charge in [0, 0.05) is 18.7 Å². The highest BCUT2D eigenvalue weighted by molar-refractivity contribution is 6.44. The molecule has 1 aliphatic rings. The second-order valence-electron chi connectivity index (χ2n) is 4.88. The van der Waals surface area contributed by atoms with Crippen LogP contribution in [-0.4, -0.2) is 40.0 Å². The van der Waals surface area contributed by atoms with Gasteiger partial charge in [0.05, 0.1) is 33.2 Å². The van der Waals surface area contributed by atoms with Crippen LogP contribution in [0.15, 0.2) is 12.1 Å². The number of nitro groups is 1. The second kappa shape index (κ2) is 6.60. The smallest absolute Gasteiger partial charge is 0.271 e. The Morgan fingerprint density at radius 1 is 1.43 bits per heavy atom. The first-order valence-corrected chi connectivity index (χ1v) is 7.26. The van der Waals surface area contributed by atoms with Crippen LogP contribution in [0.1, 0.15) is 29.6 Å². The molecule has 2 rings (SSSR count). The fourth-order valence-electron chi connectivity index (χ4n) is 2.45. The number of hydrogen-bond donors (Lipinski definition) is 1. The number of aliphatic hydroxyl groups is 1. The van der Waals surface area contributed by atoms with Crippen LogP contribution in [0.2, 0.25) is 10.0 Å². The Balaban J connectivity index is 2.40. The highest BCUT2D eigenvalue weighted by Gasteiger charge is 2.30. The molecule has 0 aromatic heterocycles. The van der Waals surface area contributed by atoms with E-state index in [1.54, 1.807) is 0 Å². The van der Waals surface area contributed by atoms with Crippen molar-refractivity contribution < 1.29 is 14.8 Å². The molecule has 0 saturated carbocycles. The minimum atomic E-state index is -0.626. The molecular weight excluding hydrogens is 319 g/mol. The van der Waals surface area contributed by atoms with Crippen LogP contribution >= 0.6 is 23.2 Å². The van der Waals surface area contributed by atoms with Gasteiger partial charge in [0.25, 0.3) is 11.6 Å². The van der Waals surface area contributed by atoms with E-state index in [0.717, 1.165) is 25.0 Å². The lowest BCUT2D eigenvalue weighted by molar-refractivity contribution is -0.384. The number of benzene rings is 1. The maximum atomic E-state index is 12.6. The molecule has 0 radical (unpaired) electrons. The number of aliphatic hydroxyl groups excluding tert-OH is 1. The van der Waals surface area contributed by atoms with Crippen molar-refractivity contribution >= 4 is 34.8 Å². The first-order valence-electron chi connectivity index (χ1n) is 6.51. The SMILES string of the molecule is O=C(c1cc([N+](=O)[O-])cc(Cl)c1Cl)N1CCCCC1CO. The molecule has 1 amide bonds. The second-order valence-corrected chi connectivity index (χ2v) is 5.66. The number of amides is 1. The highest BCUT2D eigenvalue weighted by Crippen LogP contribution is 2.32. The first kappa shape index (κ1) is 16.0. The largest absolute Gasteiger partial charge is 0.394 e. The summed E-state index contributed by atoms with van der Waals surface area (Å²) < 4.78 is 0. The predicted molar refractivity (Wildman–Crippen MR) is 78.9 cm³/mol. The summed E-state index contributed by atoms with van der Waals surface area (Å²) in [6.07, 6.45) is 2.45. The molecule has 21 heavy (non-hydrogen) atoms. The van der Waals surface area contributed by atoms with Crippen molar-refractivity contribution in [3.8, 4) is 0 Å². The average Bonchev–Trinajstić information content (AvgIpc) is 2.48. The molecule has 114 valence electrons. The number of carbonyl (C=O) groups excluding carboxylic acids is 1. The minimum absolute atomic E-state index is 0.00350. The highest BCUT2D eigenvalue weighted by atomic mass is 35.5. The fourth-order valence-corrected chi connectivity index (χ4v) is 2.85. The van der Waals surface area contributed by atoms with Crippen LogP contribution in [0.25, 0.3) is 0 Å². The van der Waals surface area contributed by atoms with Gasteiger partial charge in [-0.25, -0.2) is 0 Å². The molecule has 1 aromatic carbocycles. The predicted octanol–water partition coefficient (Wildman–Crippen LogP) is 2.89. The number of nitro benzene ring substituents is 1. The molecule has 0 spiro atoms. The summed E-state index contributed by atoms with van der Waals surface area (Å²) in [5, 5.41) is 20.2. The lowest BCUT2D eigenvalue weighted by Crippen LogP contribution is -2.45. The van der Waals surface area contributed by atoms with E-state index in [1.165, 1.54) is 4.90 Å². The normalized spacial score (nSPS) is 18.6. The zero-order valence-corrected chi connectivity index (χ0v) is 12.6. The zero-order chi connectivity index (χ0) is 15.6. The first-order chi connectivity index (χ1) is 9.95. The van der Waals surface area contributed by atoms with Crippen molar-refractivity contribution in [1.29, 1.82) is 0 Å². The van der Waals surface area contributed by atoms with Gasteiger partial charge in [0.2, 0.25) is 0 Å². The van der Waals surface area contributed by atoms with Gasteiger partial charge in [-0.1, -0.05) is 23.2 Å². The quantitative estimate of drug-likeness (QED) is 0.681. The van der Waals surface area contributed by atoms with Crippen LogP contribution in [0, 0.1) is 10.1 Å². The third kappa shape index (κ3) is 3.28. The molecule has 1 aromatic rings. The van der Waals surface area contributed by atoms with E-state index in [1.807, 2.05) is 0 Å². The van der Waals surface area contributed by atoms with Crippen molar-refractivity contribution in [2.45, 2.75) is 25.3 Å². The molecule has 0 aliphatic carbocycles. The van der Waals surface area contributed by atoms with Gasteiger partial charge < -0.3 is 10.0 Å². The third-order valence-corrected chi connectivity index (χ3v) is 4.35. The van der Waals surface area contributed by atoms with Gasteiger partial charge in [-0.05, 0) is 19.3 Å². The number of rotatable bonds is 3. The number of nitrogens with zero attached hydrogens (tertiary/aromatic N) is 2. The number of halogens is 2. The molecule has 1 N–H and O–H groups in total. The van der Waals surface area contributed by atoms with Crippen molar-refractivity contribution in [3.05, 3.63) is 37.9 Å². The number of carbonyl (C=O) groups is 1. The maximum absolute atomic E-state index is 12.6. The Bertz CT molecular complexity index is 580. The summed E-state index contributed by atoms with van der Waals surface area (Å²) in [7, 11) is 0. The molecule has 1 atom stereocenters. The monoisotopic (exact) mass is 332 g/mol. The van der Waals surface area contributed by atoms with E-state index < -0.39 is 10.8 Å². The Kier molecular flexibility index (Phi) is 5.03.